The van der Waals surface area contributed by atoms with Gasteiger partial charge in [0.25, 0.3) is 5.91 Å². The van der Waals surface area contributed by atoms with E-state index in [1.165, 1.54) is 30.0 Å². The summed E-state index contributed by atoms with van der Waals surface area (Å²) in [4.78, 5) is 24.5. The van der Waals surface area contributed by atoms with Crippen molar-refractivity contribution >= 4 is 40.9 Å². The van der Waals surface area contributed by atoms with Crippen molar-refractivity contribution in [1.29, 1.82) is 0 Å². The molecule has 2 aromatic rings. The van der Waals surface area contributed by atoms with Crippen molar-refractivity contribution in [2.24, 2.45) is 0 Å². The summed E-state index contributed by atoms with van der Waals surface area (Å²) in [6.07, 6.45) is 1.56. The van der Waals surface area contributed by atoms with Crippen LogP contribution in [0.3, 0.4) is 0 Å². The first-order chi connectivity index (χ1) is 11.5. The lowest BCUT2D eigenvalue weighted by atomic mass is 10.1. The number of para-hydroxylation sites is 1. The molecule has 0 spiro atoms. The average Bonchev–Trinajstić information content (AvgIpc) is 2.57. The molecule has 2 aromatic carbocycles. The maximum absolute atomic E-state index is 13.6. The van der Waals surface area contributed by atoms with Crippen molar-refractivity contribution in [1.82, 2.24) is 0 Å². The van der Waals surface area contributed by atoms with Gasteiger partial charge in [-0.15, -0.1) is 11.8 Å². The standard InChI is InChI=1S/C17H15ClFNO3S/c1-24-15-8-3-2-7-14(15)20-16(21)10-23-17(22)9-11-12(18)5-4-6-13(11)19/h2-8H,9-10H2,1H3,(H,20,21). The van der Waals surface area contributed by atoms with Crippen LogP contribution < -0.4 is 5.32 Å². The average molecular weight is 368 g/mol. The molecule has 0 atom stereocenters. The Morgan fingerprint density at radius 3 is 2.67 bits per heavy atom. The highest BCUT2D eigenvalue weighted by atomic mass is 35.5. The van der Waals surface area contributed by atoms with Crippen molar-refractivity contribution in [3.63, 3.8) is 0 Å². The fourth-order valence-electron chi connectivity index (χ4n) is 1.98. The summed E-state index contributed by atoms with van der Waals surface area (Å²) in [5, 5.41) is 2.81. The van der Waals surface area contributed by atoms with E-state index in [1.807, 2.05) is 18.4 Å². The summed E-state index contributed by atoms with van der Waals surface area (Å²) >= 11 is 7.34. The Labute approximate surface area is 148 Å². The lowest BCUT2D eigenvalue weighted by Crippen LogP contribution is -2.22. The van der Waals surface area contributed by atoms with Crippen LogP contribution >= 0.6 is 23.4 Å². The summed E-state index contributed by atoms with van der Waals surface area (Å²) in [7, 11) is 0. The zero-order chi connectivity index (χ0) is 17.5. The number of anilines is 1. The first-order valence-electron chi connectivity index (χ1n) is 7.02. The van der Waals surface area contributed by atoms with Gasteiger partial charge in [0.2, 0.25) is 0 Å². The number of carbonyl (C=O) groups is 2. The van der Waals surface area contributed by atoms with E-state index in [9.17, 15) is 14.0 Å². The Morgan fingerprint density at radius 2 is 1.96 bits per heavy atom. The van der Waals surface area contributed by atoms with Gasteiger partial charge < -0.3 is 10.1 Å². The van der Waals surface area contributed by atoms with Gasteiger partial charge in [-0.3, -0.25) is 9.59 Å². The number of amides is 1. The summed E-state index contributed by atoms with van der Waals surface area (Å²) in [5.41, 5.74) is 0.695. The normalized spacial score (nSPS) is 10.3. The minimum Gasteiger partial charge on any atom is -0.455 e. The molecule has 126 valence electrons. The van der Waals surface area contributed by atoms with Gasteiger partial charge in [-0.05, 0) is 30.5 Å². The molecule has 0 fully saturated rings. The van der Waals surface area contributed by atoms with Crippen LogP contribution in [0.15, 0.2) is 47.4 Å². The van der Waals surface area contributed by atoms with Gasteiger partial charge in [-0.2, -0.15) is 0 Å². The SMILES string of the molecule is CSc1ccccc1NC(=O)COC(=O)Cc1c(F)cccc1Cl. The van der Waals surface area contributed by atoms with Crippen molar-refractivity contribution in [2.75, 3.05) is 18.2 Å². The van der Waals surface area contributed by atoms with Gasteiger partial charge >= 0.3 is 5.97 Å². The molecule has 0 unspecified atom stereocenters. The molecule has 1 N–H and O–H groups in total. The van der Waals surface area contributed by atoms with E-state index in [0.29, 0.717) is 5.69 Å². The highest BCUT2D eigenvalue weighted by Crippen LogP contribution is 2.24. The van der Waals surface area contributed by atoms with Crippen LogP contribution in [0.25, 0.3) is 0 Å². The summed E-state index contributed by atoms with van der Waals surface area (Å²) < 4.78 is 18.5. The van der Waals surface area contributed by atoms with Gasteiger partial charge in [0.05, 0.1) is 12.1 Å². The first-order valence-corrected chi connectivity index (χ1v) is 8.63. The lowest BCUT2D eigenvalue weighted by Gasteiger charge is -2.10. The molecule has 1 amide bonds. The second-order valence-corrected chi connectivity index (χ2v) is 6.04. The van der Waals surface area contributed by atoms with Gasteiger partial charge in [0.1, 0.15) is 5.82 Å². The second-order valence-electron chi connectivity index (χ2n) is 4.79. The van der Waals surface area contributed by atoms with E-state index >= 15 is 0 Å². The van der Waals surface area contributed by atoms with E-state index in [4.69, 9.17) is 16.3 Å². The van der Waals surface area contributed by atoms with Crippen LogP contribution in [0.1, 0.15) is 5.56 Å². The number of thioether (sulfide) groups is 1. The zero-order valence-corrected chi connectivity index (χ0v) is 14.4. The Bertz CT molecular complexity index is 734. The van der Waals surface area contributed by atoms with Crippen molar-refractivity contribution < 1.29 is 18.7 Å². The molecule has 24 heavy (non-hydrogen) atoms. The van der Waals surface area contributed by atoms with E-state index < -0.39 is 24.3 Å². The molecule has 0 bridgehead atoms. The smallest absolute Gasteiger partial charge is 0.310 e. The molecule has 2 rings (SSSR count). The Hall–Kier alpha value is -2.05. The quantitative estimate of drug-likeness (QED) is 0.621. The van der Waals surface area contributed by atoms with Gasteiger partial charge in [0.15, 0.2) is 6.61 Å². The van der Waals surface area contributed by atoms with Gasteiger partial charge in [-0.1, -0.05) is 29.8 Å². The topological polar surface area (TPSA) is 55.4 Å². The third kappa shape index (κ3) is 4.97. The van der Waals surface area contributed by atoms with Crippen LogP contribution in [-0.2, 0) is 20.7 Å². The molecule has 0 aromatic heterocycles. The van der Waals surface area contributed by atoms with Crippen molar-refractivity contribution in [3.8, 4) is 0 Å². The number of esters is 1. The molecule has 7 heteroatoms. The third-order valence-electron chi connectivity index (χ3n) is 3.13. The highest BCUT2D eigenvalue weighted by molar-refractivity contribution is 7.98. The Kier molecular flexibility index (Phi) is 6.63. The third-order valence-corrected chi connectivity index (χ3v) is 4.28. The number of halogens is 2. The molecule has 0 aliphatic rings. The molecular formula is C17H15ClFNO3S. The predicted octanol–water partition coefficient (Wildman–Crippen LogP) is 3.93. The summed E-state index contributed by atoms with van der Waals surface area (Å²) in [5.74, 6) is -1.78. The molecule has 0 aliphatic heterocycles. The number of hydrogen-bond acceptors (Lipinski definition) is 4. The minimum atomic E-state index is -0.727. The number of ether oxygens (including phenoxy) is 1. The van der Waals surface area contributed by atoms with Crippen LogP contribution in [0.5, 0.6) is 0 Å². The molecule has 0 aliphatic carbocycles. The van der Waals surface area contributed by atoms with E-state index in [2.05, 4.69) is 5.32 Å². The molecule has 0 radical (unpaired) electrons. The number of nitrogens with one attached hydrogen (secondary N) is 1. The fourth-order valence-corrected chi connectivity index (χ4v) is 2.76. The van der Waals surface area contributed by atoms with Crippen LogP contribution in [-0.4, -0.2) is 24.7 Å². The highest BCUT2D eigenvalue weighted by Gasteiger charge is 2.14. The number of hydrogen-bond donors (Lipinski definition) is 1. The van der Waals surface area contributed by atoms with Crippen LogP contribution in [0, 0.1) is 5.82 Å². The van der Waals surface area contributed by atoms with Crippen molar-refractivity contribution in [3.05, 3.63) is 58.9 Å². The predicted molar refractivity (Wildman–Crippen MR) is 92.9 cm³/mol. The van der Waals surface area contributed by atoms with Gasteiger partial charge in [-0.25, -0.2) is 4.39 Å². The van der Waals surface area contributed by atoms with Gasteiger partial charge in [0, 0.05) is 15.5 Å². The largest absolute Gasteiger partial charge is 0.455 e. The molecule has 0 heterocycles. The van der Waals surface area contributed by atoms with Crippen LogP contribution in [0.2, 0.25) is 5.02 Å². The lowest BCUT2D eigenvalue weighted by molar-refractivity contribution is -0.146. The first kappa shape index (κ1) is 18.3. The summed E-state index contributed by atoms with van der Waals surface area (Å²) in [6, 6.07) is 11.4. The maximum atomic E-state index is 13.6. The zero-order valence-electron chi connectivity index (χ0n) is 12.8. The maximum Gasteiger partial charge on any atom is 0.310 e. The minimum absolute atomic E-state index is 0.0531. The fraction of sp³-hybridized carbons (Fsp3) is 0.176. The molecule has 0 saturated heterocycles. The van der Waals surface area contributed by atoms with Crippen molar-refractivity contribution in [2.45, 2.75) is 11.3 Å². The van der Waals surface area contributed by atoms with E-state index in [-0.39, 0.29) is 17.0 Å². The molecule has 0 saturated carbocycles. The van der Waals surface area contributed by atoms with E-state index in [1.54, 1.807) is 12.1 Å². The number of benzene rings is 2. The van der Waals surface area contributed by atoms with E-state index in [0.717, 1.165) is 4.90 Å². The number of rotatable bonds is 6. The molecular weight excluding hydrogens is 353 g/mol. The monoisotopic (exact) mass is 367 g/mol. The molecule has 4 nitrogen and oxygen atoms in total. The Morgan fingerprint density at radius 1 is 1.21 bits per heavy atom. The summed E-state index contributed by atoms with van der Waals surface area (Å²) in [6.45, 7) is -0.451. The van der Waals surface area contributed by atoms with Crippen LogP contribution in [0.4, 0.5) is 10.1 Å². The second kappa shape index (κ2) is 8.70. The number of carbonyl (C=O) groups excluding carboxylic acids is 2. The Balaban J connectivity index is 1.88.